The van der Waals surface area contributed by atoms with Crippen LogP contribution in [0.1, 0.15) is 40.2 Å². The van der Waals surface area contributed by atoms with Gasteiger partial charge in [-0.25, -0.2) is 0 Å². The predicted octanol–water partition coefficient (Wildman–Crippen LogP) is 2.25. The third kappa shape index (κ3) is 2.19. The first kappa shape index (κ1) is 12.8. The molecule has 1 heterocycles. The Hall–Kier alpha value is -2.17. The molecule has 104 valence electrons. The molecule has 1 amide bonds. The van der Waals surface area contributed by atoms with Gasteiger partial charge in [0.05, 0.1) is 0 Å². The Bertz CT molecular complexity index is 660. The second-order valence-electron chi connectivity index (χ2n) is 5.23. The zero-order chi connectivity index (χ0) is 14.1. The van der Waals surface area contributed by atoms with Gasteiger partial charge in [0.25, 0.3) is 5.91 Å². The van der Waals surface area contributed by atoms with Crippen molar-refractivity contribution in [3.8, 4) is 0 Å². The lowest BCUT2D eigenvalue weighted by atomic mass is 9.88. The molecule has 1 aliphatic carbocycles. The number of nitrogens with one attached hydrogen (secondary N) is 1. The third-order valence-electron chi connectivity index (χ3n) is 3.96. The first-order valence-electron chi connectivity index (χ1n) is 6.95. The molecule has 3 rings (SSSR count). The van der Waals surface area contributed by atoms with E-state index in [0.717, 1.165) is 30.7 Å². The smallest absolute Gasteiger partial charge is 0.258 e. The SMILES string of the molecule is Cc1nnc(NC(=O)c2cccc3c2CCCC3)n1C. The fraction of sp³-hybridized carbons (Fsp3) is 0.400. The normalized spacial score (nSPS) is 13.9. The highest BCUT2D eigenvalue weighted by Crippen LogP contribution is 2.25. The summed E-state index contributed by atoms with van der Waals surface area (Å²) in [6, 6.07) is 5.97. The Morgan fingerprint density at radius 1 is 1.25 bits per heavy atom. The summed E-state index contributed by atoms with van der Waals surface area (Å²) >= 11 is 0. The van der Waals surface area contributed by atoms with Crippen molar-refractivity contribution in [2.75, 3.05) is 5.32 Å². The lowest BCUT2D eigenvalue weighted by Crippen LogP contribution is -2.19. The Morgan fingerprint density at radius 3 is 2.80 bits per heavy atom. The number of carbonyl (C=O) groups excluding carboxylic acids is 1. The van der Waals surface area contributed by atoms with Gasteiger partial charge in [0.1, 0.15) is 5.82 Å². The Balaban J connectivity index is 1.89. The molecule has 1 aliphatic rings. The molecule has 1 N–H and O–H groups in total. The van der Waals surface area contributed by atoms with Gasteiger partial charge in [0, 0.05) is 12.6 Å². The van der Waals surface area contributed by atoms with E-state index in [1.165, 1.54) is 17.5 Å². The molecule has 0 spiro atoms. The van der Waals surface area contributed by atoms with Crippen molar-refractivity contribution in [2.24, 2.45) is 7.05 Å². The maximum atomic E-state index is 12.5. The highest BCUT2D eigenvalue weighted by atomic mass is 16.1. The number of anilines is 1. The molecule has 0 atom stereocenters. The summed E-state index contributed by atoms with van der Waals surface area (Å²) in [6.07, 6.45) is 4.41. The van der Waals surface area contributed by atoms with E-state index in [9.17, 15) is 4.79 Å². The topological polar surface area (TPSA) is 59.8 Å². The number of aryl methyl sites for hydroxylation is 2. The second-order valence-corrected chi connectivity index (χ2v) is 5.23. The molecule has 0 saturated carbocycles. The maximum absolute atomic E-state index is 12.5. The summed E-state index contributed by atoms with van der Waals surface area (Å²) in [6.45, 7) is 1.85. The number of benzene rings is 1. The van der Waals surface area contributed by atoms with Crippen LogP contribution in [-0.2, 0) is 19.9 Å². The van der Waals surface area contributed by atoms with Crippen molar-refractivity contribution in [3.63, 3.8) is 0 Å². The highest BCUT2D eigenvalue weighted by Gasteiger charge is 2.18. The lowest BCUT2D eigenvalue weighted by Gasteiger charge is -2.18. The summed E-state index contributed by atoms with van der Waals surface area (Å²) in [5.41, 5.74) is 3.26. The minimum absolute atomic E-state index is 0.0979. The van der Waals surface area contributed by atoms with Crippen LogP contribution < -0.4 is 5.32 Å². The van der Waals surface area contributed by atoms with Gasteiger partial charge in [-0.2, -0.15) is 0 Å². The lowest BCUT2D eigenvalue weighted by molar-refractivity contribution is 0.102. The van der Waals surface area contributed by atoms with E-state index < -0.39 is 0 Å². The van der Waals surface area contributed by atoms with Gasteiger partial charge in [-0.3, -0.25) is 10.1 Å². The summed E-state index contributed by atoms with van der Waals surface area (Å²) < 4.78 is 1.77. The molecule has 0 aliphatic heterocycles. The average molecular weight is 270 g/mol. The van der Waals surface area contributed by atoms with E-state index in [0.29, 0.717) is 5.95 Å². The van der Waals surface area contributed by atoms with Crippen LogP contribution in [0, 0.1) is 6.92 Å². The minimum Gasteiger partial charge on any atom is -0.300 e. The number of hydrogen-bond donors (Lipinski definition) is 1. The van der Waals surface area contributed by atoms with Crippen LogP contribution in [0.3, 0.4) is 0 Å². The van der Waals surface area contributed by atoms with E-state index >= 15 is 0 Å². The highest BCUT2D eigenvalue weighted by molar-refractivity contribution is 6.04. The zero-order valence-corrected chi connectivity index (χ0v) is 11.8. The van der Waals surface area contributed by atoms with Crippen molar-refractivity contribution in [1.29, 1.82) is 0 Å². The number of rotatable bonds is 2. The molecule has 0 fully saturated rings. The molecule has 1 aromatic carbocycles. The number of amides is 1. The standard InChI is InChI=1S/C15H18N4O/c1-10-17-18-15(19(10)2)16-14(20)13-9-5-7-11-6-3-4-8-12(11)13/h5,7,9H,3-4,6,8H2,1-2H3,(H,16,18,20). The molecular weight excluding hydrogens is 252 g/mol. The monoisotopic (exact) mass is 270 g/mol. The predicted molar refractivity (Wildman–Crippen MR) is 76.8 cm³/mol. The Morgan fingerprint density at radius 2 is 2.05 bits per heavy atom. The number of aromatic nitrogens is 3. The number of nitrogens with zero attached hydrogens (tertiary/aromatic N) is 3. The fourth-order valence-corrected chi connectivity index (χ4v) is 2.68. The molecule has 0 radical (unpaired) electrons. The fourth-order valence-electron chi connectivity index (χ4n) is 2.68. The van der Waals surface area contributed by atoms with Gasteiger partial charge >= 0.3 is 0 Å². The van der Waals surface area contributed by atoms with Crippen LogP contribution in [0.4, 0.5) is 5.95 Å². The van der Waals surface area contributed by atoms with Gasteiger partial charge < -0.3 is 4.57 Å². The molecule has 5 heteroatoms. The molecule has 0 bridgehead atoms. The quantitative estimate of drug-likeness (QED) is 0.910. The Kier molecular flexibility index (Phi) is 3.26. The van der Waals surface area contributed by atoms with Crippen molar-refractivity contribution in [3.05, 3.63) is 40.7 Å². The van der Waals surface area contributed by atoms with Crippen molar-refractivity contribution in [1.82, 2.24) is 14.8 Å². The van der Waals surface area contributed by atoms with Gasteiger partial charge in [0.2, 0.25) is 5.95 Å². The van der Waals surface area contributed by atoms with Crippen LogP contribution in [0.2, 0.25) is 0 Å². The maximum Gasteiger partial charge on any atom is 0.258 e. The van der Waals surface area contributed by atoms with Crippen LogP contribution in [0.25, 0.3) is 0 Å². The largest absolute Gasteiger partial charge is 0.300 e. The van der Waals surface area contributed by atoms with Gasteiger partial charge in [-0.15, -0.1) is 10.2 Å². The summed E-state index contributed by atoms with van der Waals surface area (Å²) in [5, 5.41) is 10.8. The molecule has 0 saturated heterocycles. The van der Waals surface area contributed by atoms with Crippen LogP contribution >= 0.6 is 0 Å². The molecule has 1 aromatic heterocycles. The zero-order valence-electron chi connectivity index (χ0n) is 11.8. The molecular formula is C15H18N4O. The van der Waals surface area contributed by atoms with Crippen molar-refractivity contribution >= 4 is 11.9 Å². The van der Waals surface area contributed by atoms with Gasteiger partial charge in [0.15, 0.2) is 0 Å². The summed E-state index contributed by atoms with van der Waals surface area (Å²) in [5.74, 6) is 1.16. The average Bonchev–Trinajstić information content (AvgIpc) is 2.78. The van der Waals surface area contributed by atoms with Gasteiger partial charge in [-0.1, -0.05) is 12.1 Å². The minimum atomic E-state index is -0.0979. The molecule has 0 unspecified atom stereocenters. The van der Waals surface area contributed by atoms with Crippen molar-refractivity contribution < 1.29 is 4.79 Å². The van der Waals surface area contributed by atoms with Crippen molar-refractivity contribution in [2.45, 2.75) is 32.6 Å². The molecule has 5 nitrogen and oxygen atoms in total. The van der Waals surface area contributed by atoms with Crippen LogP contribution in [-0.4, -0.2) is 20.7 Å². The van der Waals surface area contributed by atoms with E-state index in [2.05, 4.69) is 21.6 Å². The third-order valence-corrected chi connectivity index (χ3v) is 3.96. The summed E-state index contributed by atoms with van der Waals surface area (Å²) in [7, 11) is 1.84. The number of hydrogen-bond acceptors (Lipinski definition) is 3. The Labute approximate surface area is 118 Å². The number of fused-ring (bicyclic) bond motifs is 1. The van der Waals surface area contributed by atoms with E-state index in [-0.39, 0.29) is 5.91 Å². The van der Waals surface area contributed by atoms with E-state index in [1.807, 2.05) is 26.1 Å². The second kappa shape index (κ2) is 5.07. The first-order valence-corrected chi connectivity index (χ1v) is 6.95. The van der Waals surface area contributed by atoms with Crippen LogP contribution in [0.15, 0.2) is 18.2 Å². The van der Waals surface area contributed by atoms with Crippen LogP contribution in [0.5, 0.6) is 0 Å². The van der Waals surface area contributed by atoms with Gasteiger partial charge in [-0.05, 0) is 49.8 Å². The molecule has 2 aromatic rings. The number of carbonyl (C=O) groups is 1. The van der Waals surface area contributed by atoms with E-state index in [4.69, 9.17) is 0 Å². The first-order chi connectivity index (χ1) is 9.66. The van der Waals surface area contributed by atoms with E-state index in [1.54, 1.807) is 4.57 Å². The summed E-state index contributed by atoms with van der Waals surface area (Å²) in [4.78, 5) is 12.5. The molecule has 20 heavy (non-hydrogen) atoms.